The molecule has 0 radical (unpaired) electrons. The Morgan fingerprint density at radius 1 is 0.691 bits per heavy atom. The molecule has 2 amide bonds. The molecule has 304 valence electrons. The van der Waals surface area contributed by atoms with Gasteiger partial charge in [0.2, 0.25) is 0 Å². The summed E-state index contributed by atoms with van der Waals surface area (Å²) >= 11 is 0. The van der Waals surface area contributed by atoms with Gasteiger partial charge in [-0.2, -0.15) is 0 Å². The average Bonchev–Trinajstić information content (AvgIpc) is 3.11. The van der Waals surface area contributed by atoms with Crippen LogP contribution in [0.2, 0.25) is 0 Å². The Bertz CT molecular complexity index is 1600. The maximum Gasteiger partial charge on any atom is 0.573 e. The number of hydrogen-bond donors (Lipinski definition) is 1. The molecule has 2 heterocycles. The summed E-state index contributed by atoms with van der Waals surface area (Å²) in [7, 11) is 2.49. The molecule has 55 heavy (non-hydrogen) atoms. The number of esters is 1. The van der Waals surface area contributed by atoms with Crippen LogP contribution in [0.25, 0.3) is 0 Å². The highest BCUT2D eigenvalue weighted by Crippen LogP contribution is 2.30. The van der Waals surface area contributed by atoms with Crippen LogP contribution in [-0.4, -0.2) is 104 Å². The monoisotopic (exact) mass is 792 g/mol. The Hall–Kier alpha value is -5.23. The van der Waals surface area contributed by atoms with Crippen LogP contribution in [0.1, 0.15) is 50.2 Å². The number of aliphatic carboxylic acids is 1. The molecule has 13 nitrogen and oxygen atoms in total. The van der Waals surface area contributed by atoms with Gasteiger partial charge in [0.1, 0.15) is 23.7 Å². The maximum atomic E-state index is 12.4. The van der Waals surface area contributed by atoms with Crippen molar-refractivity contribution in [2.24, 2.45) is 11.8 Å². The number of rotatable bonds is 11. The van der Waals surface area contributed by atoms with Crippen molar-refractivity contribution in [2.75, 3.05) is 33.9 Å². The zero-order valence-corrected chi connectivity index (χ0v) is 30.2. The summed E-state index contributed by atoms with van der Waals surface area (Å²) < 4.78 is 95.5. The molecule has 4 unspecified atom stereocenters. The SMILES string of the molecule is CCOC(=O)CC(=O)C1CCN(C(=O)OC)C(Cc2ccc(OC(F)(F)F)cc2)C1.COC(=O)N1CCC(C(=O)O)CC1Cc1ccc(OC(F)(F)F)cc1. The number of alkyl halides is 6. The first kappa shape index (κ1) is 44.2. The second kappa shape index (κ2) is 19.9. The molecule has 0 saturated carbocycles. The number of likely N-dealkylation sites (tertiary alicyclic amines) is 2. The van der Waals surface area contributed by atoms with Gasteiger partial charge in [0, 0.05) is 31.1 Å². The van der Waals surface area contributed by atoms with E-state index in [0.29, 0.717) is 43.2 Å². The van der Waals surface area contributed by atoms with E-state index in [1.54, 1.807) is 6.92 Å². The second-order valence-corrected chi connectivity index (χ2v) is 12.7. The lowest BCUT2D eigenvalue weighted by molar-refractivity contribution is -0.275. The van der Waals surface area contributed by atoms with Gasteiger partial charge in [-0.25, -0.2) is 9.59 Å². The van der Waals surface area contributed by atoms with Crippen LogP contribution in [-0.2, 0) is 41.4 Å². The van der Waals surface area contributed by atoms with E-state index >= 15 is 0 Å². The fraction of sp³-hybridized carbons (Fsp3) is 0.528. The van der Waals surface area contributed by atoms with Gasteiger partial charge in [-0.15, -0.1) is 26.3 Å². The highest BCUT2D eigenvalue weighted by atomic mass is 19.4. The molecule has 19 heteroatoms. The molecule has 2 aromatic carbocycles. The van der Waals surface area contributed by atoms with Crippen LogP contribution in [0.4, 0.5) is 35.9 Å². The number of piperidine rings is 2. The van der Waals surface area contributed by atoms with Gasteiger partial charge >= 0.3 is 36.8 Å². The summed E-state index contributed by atoms with van der Waals surface area (Å²) in [6.07, 6.45) is -9.05. The first-order chi connectivity index (χ1) is 25.8. The third-order valence-electron chi connectivity index (χ3n) is 8.93. The second-order valence-electron chi connectivity index (χ2n) is 12.7. The Balaban J connectivity index is 0.000000300. The van der Waals surface area contributed by atoms with Gasteiger partial charge in [-0.05, 0) is 80.8 Å². The van der Waals surface area contributed by atoms with Crippen LogP contribution < -0.4 is 9.47 Å². The molecule has 0 aromatic heterocycles. The molecule has 0 bridgehead atoms. The Kier molecular flexibility index (Phi) is 16.0. The van der Waals surface area contributed by atoms with Crippen LogP contribution in [0.5, 0.6) is 11.5 Å². The van der Waals surface area contributed by atoms with E-state index in [9.17, 15) is 55.4 Å². The Morgan fingerprint density at radius 2 is 1.09 bits per heavy atom. The highest BCUT2D eigenvalue weighted by Gasteiger charge is 2.37. The third-order valence-corrected chi connectivity index (χ3v) is 8.93. The van der Waals surface area contributed by atoms with E-state index in [1.165, 1.54) is 72.6 Å². The molecule has 0 spiro atoms. The van der Waals surface area contributed by atoms with E-state index in [4.69, 9.17) is 14.2 Å². The van der Waals surface area contributed by atoms with E-state index in [2.05, 4.69) is 9.47 Å². The predicted octanol–water partition coefficient (Wildman–Crippen LogP) is 6.56. The highest BCUT2D eigenvalue weighted by molar-refractivity contribution is 5.97. The Labute approximate surface area is 312 Å². The maximum absolute atomic E-state index is 12.4. The van der Waals surface area contributed by atoms with Crippen molar-refractivity contribution in [2.45, 2.75) is 76.7 Å². The number of benzene rings is 2. The van der Waals surface area contributed by atoms with Crippen LogP contribution >= 0.6 is 0 Å². The van der Waals surface area contributed by atoms with Crippen molar-refractivity contribution in [1.29, 1.82) is 0 Å². The summed E-state index contributed by atoms with van der Waals surface area (Å²) in [5.74, 6) is -3.45. The van der Waals surface area contributed by atoms with E-state index < -0.39 is 60.8 Å². The summed E-state index contributed by atoms with van der Waals surface area (Å²) in [4.78, 5) is 62.2. The van der Waals surface area contributed by atoms with Gasteiger partial charge < -0.3 is 38.6 Å². The number of carboxylic acid groups (broad SMARTS) is 1. The zero-order valence-electron chi connectivity index (χ0n) is 30.2. The van der Waals surface area contributed by atoms with Crippen LogP contribution in [0.15, 0.2) is 48.5 Å². The first-order valence-corrected chi connectivity index (χ1v) is 17.1. The summed E-state index contributed by atoms with van der Waals surface area (Å²) in [5.41, 5.74) is 1.33. The Morgan fingerprint density at radius 3 is 1.45 bits per heavy atom. The minimum Gasteiger partial charge on any atom is -0.481 e. The predicted molar refractivity (Wildman–Crippen MR) is 179 cm³/mol. The van der Waals surface area contributed by atoms with Gasteiger partial charge in [0.15, 0.2) is 0 Å². The molecule has 2 fully saturated rings. The standard InChI is InChI=1S/C20H24F3NO6.C16H18F3NO5/c1-3-29-18(26)12-17(25)14-8-9-24(19(27)28-2)15(11-14)10-13-4-6-16(7-5-13)30-20(21,22)23;1-24-15(23)20-7-6-11(14(21)22)9-12(20)8-10-2-4-13(5-3-10)25-16(17,18)19/h4-7,14-15H,3,8-12H2,1-2H3;2-5,11-12H,6-9H2,1H3,(H,21,22). The molecule has 2 aromatic rings. The van der Waals surface area contributed by atoms with Gasteiger partial charge in [-0.3, -0.25) is 14.4 Å². The fourth-order valence-corrected chi connectivity index (χ4v) is 6.42. The van der Waals surface area contributed by atoms with Crippen molar-refractivity contribution in [3.8, 4) is 11.5 Å². The smallest absolute Gasteiger partial charge is 0.481 e. The molecule has 2 saturated heterocycles. The first-order valence-electron chi connectivity index (χ1n) is 17.1. The van der Waals surface area contributed by atoms with Gasteiger partial charge in [0.25, 0.3) is 0 Å². The minimum absolute atomic E-state index is 0.184. The van der Waals surface area contributed by atoms with Crippen molar-refractivity contribution < 1.29 is 79.1 Å². The van der Waals surface area contributed by atoms with E-state index in [-0.39, 0.29) is 49.8 Å². The van der Waals surface area contributed by atoms with Gasteiger partial charge in [0.05, 0.1) is 26.7 Å². The normalized spacial score (nSPS) is 19.9. The number of nitrogens with zero attached hydrogens (tertiary/aromatic N) is 2. The zero-order chi connectivity index (χ0) is 40.9. The number of amides is 2. The lowest BCUT2D eigenvalue weighted by Crippen LogP contribution is -2.48. The number of carboxylic acids is 1. The molecular formula is C36H42F6N2O11. The third kappa shape index (κ3) is 14.5. The van der Waals surface area contributed by atoms with Gasteiger partial charge in [-0.1, -0.05) is 24.3 Å². The average molecular weight is 793 g/mol. The molecular weight excluding hydrogens is 750 g/mol. The van der Waals surface area contributed by atoms with Crippen LogP contribution in [0.3, 0.4) is 0 Å². The number of ketones is 1. The number of carbonyl (C=O) groups is 5. The number of ether oxygens (including phenoxy) is 5. The van der Waals surface area contributed by atoms with Crippen molar-refractivity contribution in [3.63, 3.8) is 0 Å². The number of carbonyl (C=O) groups excluding carboxylic acids is 4. The molecule has 0 aliphatic carbocycles. The molecule has 2 aliphatic rings. The molecule has 2 aliphatic heterocycles. The largest absolute Gasteiger partial charge is 0.573 e. The topological polar surface area (TPSA) is 158 Å². The minimum atomic E-state index is -4.78. The number of hydrogen-bond acceptors (Lipinski definition) is 10. The lowest BCUT2D eigenvalue weighted by atomic mass is 9.84. The molecule has 4 atom stereocenters. The van der Waals surface area contributed by atoms with Crippen molar-refractivity contribution in [1.82, 2.24) is 9.80 Å². The van der Waals surface area contributed by atoms with E-state index in [0.717, 1.165) is 0 Å². The number of halogens is 6. The molecule has 1 N–H and O–H groups in total. The van der Waals surface area contributed by atoms with E-state index in [1.807, 2.05) is 0 Å². The lowest BCUT2D eigenvalue weighted by Gasteiger charge is -2.38. The quantitative estimate of drug-likeness (QED) is 0.114. The summed E-state index contributed by atoms with van der Waals surface area (Å²) in [6, 6.07) is 9.80. The number of Topliss-reactive ketones (excluding diaryl/α,β-unsaturated/α-hetero) is 1. The molecule has 4 rings (SSSR count). The summed E-state index contributed by atoms with van der Waals surface area (Å²) in [6.45, 7) is 2.36. The fourth-order valence-electron chi connectivity index (χ4n) is 6.42. The van der Waals surface area contributed by atoms with Crippen LogP contribution in [0, 0.1) is 11.8 Å². The van der Waals surface area contributed by atoms with Crippen molar-refractivity contribution >= 4 is 29.9 Å². The number of methoxy groups -OCH3 is 2. The summed E-state index contributed by atoms with van der Waals surface area (Å²) in [5, 5.41) is 9.19. The van der Waals surface area contributed by atoms with Crippen molar-refractivity contribution in [3.05, 3.63) is 59.7 Å².